The summed E-state index contributed by atoms with van der Waals surface area (Å²) in [6.45, 7) is 4.21. The van der Waals surface area contributed by atoms with Crippen LogP contribution in [0.4, 0.5) is 0 Å². The first-order valence-electron chi connectivity index (χ1n) is 6.48. The van der Waals surface area contributed by atoms with Crippen LogP contribution in [-0.4, -0.2) is 37.4 Å². The molecule has 0 bridgehead atoms. The highest BCUT2D eigenvalue weighted by Crippen LogP contribution is 2.23. The van der Waals surface area contributed by atoms with Gasteiger partial charge in [0.15, 0.2) is 0 Å². The van der Waals surface area contributed by atoms with E-state index in [1.165, 1.54) is 0 Å². The lowest BCUT2D eigenvalue weighted by Gasteiger charge is -2.27. The molecule has 2 N–H and O–H groups in total. The molecule has 4 heteroatoms. The maximum atomic E-state index is 12.4. The smallest absolute Gasteiger partial charge is 0.230 e. The van der Waals surface area contributed by atoms with Crippen LogP contribution in [0.5, 0.6) is 0 Å². The summed E-state index contributed by atoms with van der Waals surface area (Å²) in [5, 5.41) is 11.9. The van der Waals surface area contributed by atoms with E-state index in [2.05, 4.69) is 5.32 Å². The van der Waals surface area contributed by atoms with Crippen LogP contribution in [0.3, 0.4) is 0 Å². The summed E-state index contributed by atoms with van der Waals surface area (Å²) in [7, 11) is 1.58. The van der Waals surface area contributed by atoms with Gasteiger partial charge in [-0.1, -0.05) is 30.3 Å². The van der Waals surface area contributed by atoms with Crippen molar-refractivity contribution in [3.05, 3.63) is 35.9 Å². The number of carbonyl (C=O) groups is 1. The molecular formula is C15H23NO3. The van der Waals surface area contributed by atoms with Gasteiger partial charge in [-0.2, -0.15) is 0 Å². The van der Waals surface area contributed by atoms with Gasteiger partial charge in [-0.25, -0.2) is 0 Å². The molecule has 4 nitrogen and oxygen atoms in total. The highest BCUT2D eigenvalue weighted by Gasteiger charge is 2.30. The number of rotatable bonds is 7. The summed E-state index contributed by atoms with van der Waals surface area (Å²) < 4.78 is 5.05. The summed E-state index contributed by atoms with van der Waals surface area (Å²) in [6, 6.07) is 9.49. The first-order valence-corrected chi connectivity index (χ1v) is 6.48. The predicted molar refractivity (Wildman–Crippen MR) is 75.0 cm³/mol. The third kappa shape index (κ3) is 4.33. The largest absolute Gasteiger partial charge is 0.396 e. The Bertz CT molecular complexity index is 384. The van der Waals surface area contributed by atoms with E-state index in [0.717, 1.165) is 5.56 Å². The average Bonchev–Trinajstić information content (AvgIpc) is 2.40. The number of amides is 1. The Hall–Kier alpha value is -1.39. The maximum Gasteiger partial charge on any atom is 0.230 e. The second-order valence-electron chi connectivity index (χ2n) is 5.13. The quantitative estimate of drug-likeness (QED) is 0.785. The molecule has 0 fully saturated rings. The Labute approximate surface area is 114 Å². The average molecular weight is 265 g/mol. The van der Waals surface area contributed by atoms with Crippen LogP contribution in [0.1, 0.15) is 25.8 Å². The first kappa shape index (κ1) is 15.7. The van der Waals surface area contributed by atoms with Crippen molar-refractivity contribution < 1.29 is 14.6 Å². The highest BCUT2D eigenvalue weighted by molar-refractivity contribution is 5.87. The van der Waals surface area contributed by atoms with E-state index in [0.29, 0.717) is 13.0 Å². The molecule has 0 heterocycles. The van der Waals surface area contributed by atoms with Crippen LogP contribution in [0, 0.1) is 0 Å². The molecule has 0 aliphatic rings. The lowest BCUT2D eigenvalue weighted by molar-refractivity contribution is -0.126. The second kappa shape index (κ2) is 7.26. The maximum absolute atomic E-state index is 12.4. The molecule has 0 aromatic heterocycles. The van der Waals surface area contributed by atoms with Gasteiger partial charge in [0, 0.05) is 13.7 Å². The van der Waals surface area contributed by atoms with E-state index in [9.17, 15) is 4.79 Å². The molecule has 0 aliphatic carbocycles. The van der Waals surface area contributed by atoms with Crippen LogP contribution in [0.2, 0.25) is 0 Å². The Morgan fingerprint density at radius 2 is 2.00 bits per heavy atom. The fourth-order valence-electron chi connectivity index (χ4n) is 1.91. The van der Waals surface area contributed by atoms with Gasteiger partial charge in [0.2, 0.25) is 5.91 Å². The summed E-state index contributed by atoms with van der Waals surface area (Å²) in [4.78, 5) is 12.4. The fraction of sp³-hybridized carbons (Fsp3) is 0.533. The molecule has 19 heavy (non-hydrogen) atoms. The van der Waals surface area contributed by atoms with Crippen molar-refractivity contribution >= 4 is 5.91 Å². The van der Waals surface area contributed by atoms with Crippen LogP contribution in [-0.2, 0) is 14.9 Å². The molecule has 106 valence electrons. The lowest BCUT2D eigenvalue weighted by atomic mass is 9.83. The van der Waals surface area contributed by atoms with Crippen molar-refractivity contribution in [2.75, 3.05) is 20.3 Å². The van der Waals surface area contributed by atoms with Gasteiger partial charge < -0.3 is 15.2 Å². The molecule has 0 saturated heterocycles. The van der Waals surface area contributed by atoms with Gasteiger partial charge in [0.05, 0.1) is 18.1 Å². The van der Waals surface area contributed by atoms with Crippen LogP contribution < -0.4 is 5.32 Å². The zero-order valence-electron chi connectivity index (χ0n) is 11.8. The third-order valence-electron chi connectivity index (χ3n) is 3.24. The van der Waals surface area contributed by atoms with Crippen molar-refractivity contribution in [1.29, 1.82) is 0 Å². The number of aliphatic hydroxyl groups excluding tert-OH is 1. The number of ether oxygens (including phenoxy) is 1. The number of hydrogen-bond donors (Lipinski definition) is 2. The Kier molecular flexibility index (Phi) is 5.99. The van der Waals surface area contributed by atoms with E-state index in [-0.39, 0.29) is 18.6 Å². The van der Waals surface area contributed by atoms with Crippen molar-refractivity contribution in [3.8, 4) is 0 Å². The molecule has 1 rings (SSSR count). The van der Waals surface area contributed by atoms with Crippen molar-refractivity contribution in [2.45, 2.75) is 31.7 Å². The van der Waals surface area contributed by atoms with Crippen LogP contribution >= 0.6 is 0 Å². The standard InChI is InChI=1S/C15H23NO3/c1-15(2,12-7-5-4-6-8-12)14(18)16-13(9-10-17)11-19-3/h4-8,13,17H,9-11H2,1-3H3,(H,16,18). The van der Waals surface area contributed by atoms with E-state index in [1.807, 2.05) is 44.2 Å². The van der Waals surface area contributed by atoms with Gasteiger partial charge in [0.1, 0.15) is 0 Å². The molecule has 1 amide bonds. The van der Waals surface area contributed by atoms with Gasteiger partial charge in [0.25, 0.3) is 0 Å². The number of benzene rings is 1. The van der Waals surface area contributed by atoms with Gasteiger partial charge >= 0.3 is 0 Å². The normalized spacial score (nSPS) is 13.1. The topological polar surface area (TPSA) is 58.6 Å². The van der Waals surface area contributed by atoms with Crippen LogP contribution in [0.15, 0.2) is 30.3 Å². The summed E-state index contributed by atoms with van der Waals surface area (Å²) in [5.41, 5.74) is 0.357. The second-order valence-corrected chi connectivity index (χ2v) is 5.13. The van der Waals surface area contributed by atoms with Gasteiger partial charge in [-0.05, 0) is 25.8 Å². The van der Waals surface area contributed by atoms with E-state index >= 15 is 0 Å². The predicted octanol–water partition coefficient (Wildman–Crippen LogP) is 1.48. The Morgan fingerprint density at radius 1 is 1.37 bits per heavy atom. The van der Waals surface area contributed by atoms with Crippen molar-refractivity contribution in [3.63, 3.8) is 0 Å². The zero-order chi connectivity index (χ0) is 14.3. The fourth-order valence-corrected chi connectivity index (χ4v) is 1.91. The number of carbonyl (C=O) groups excluding carboxylic acids is 1. The molecule has 1 unspecified atom stereocenters. The van der Waals surface area contributed by atoms with Gasteiger partial charge in [-0.3, -0.25) is 4.79 Å². The molecule has 0 aliphatic heterocycles. The highest BCUT2D eigenvalue weighted by atomic mass is 16.5. The van der Waals surface area contributed by atoms with Crippen molar-refractivity contribution in [1.82, 2.24) is 5.32 Å². The SMILES string of the molecule is COCC(CCO)NC(=O)C(C)(C)c1ccccc1. The lowest BCUT2D eigenvalue weighted by Crippen LogP contribution is -2.47. The number of hydrogen-bond acceptors (Lipinski definition) is 3. The van der Waals surface area contributed by atoms with E-state index in [1.54, 1.807) is 7.11 Å². The summed E-state index contributed by atoms with van der Waals surface area (Å²) in [6.07, 6.45) is 0.491. The molecule has 1 atom stereocenters. The summed E-state index contributed by atoms with van der Waals surface area (Å²) >= 11 is 0. The van der Waals surface area contributed by atoms with Crippen LogP contribution in [0.25, 0.3) is 0 Å². The molecule has 0 radical (unpaired) electrons. The van der Waals surface area contributed by atoms with E-state index < -0.39 is 5.41 Å². The van der Waals surface area contributed by atoms with E-state index in [4.69, 9.17) is 9.84 Å². The number of aliphatic hydroxyl groups is 1. The molecular weight excluding hydrogens is 242 g/mol. The van der Waals surface area contributed by atoms with Gasteiger partial charge in [-0.15, -0.1) is 0 Å². The Balaban J connectivity index is 2.75. The molecule has 1 aromatic rings. The first-order chi connectivity index (χ1) is 9.02. The minimum absolute atomic E-state index is 0.0278. The zero-order valence-corrected chi connectivity index (χ0v) is 11.8. The monoisotopic (exact) mass is 265 g/mol. The number of methoxy groups -OCH3 is 1. The summed E-state index contributed by atoms with van der Waals surface area (Å²) in [5.74, 6) is -0.0609. The molecule has 1 aromatic carbocycles. The Morgan fingerprint density at radius 3 is 2.53 bits per heavy atom. The number of nitrogens with one attached hydrogen (secondary N) is 1. The molecule has 0 saturated carbocycles. The minimum Gasteiger partial charge on any atom is -0.396 e. The van der Waals surface area contributed by atoms with Crippen molar-refractivity contribution in [2.24, 2.45) is 0 Å². The third-order valence-corrected chi connectivity index (χ3v) is 3.24. The minimum atomic E-state index is -0.608. The molecule has 0 spiro atoms.